The summed E-state index contributed by atoms with van der Waals surface area (Å²) in [5.41, 5.74) is 11.5. The van der Waals surface area contributed by atoms with E-state index in [0.29, 0.717) is 17.3 Å². The van der Waals surface area contributed by atoms with Gasteiger partial charge < -0.3 is 20.3 Å². The predicted octanol–water partition coefficient (Wildman–Crippen LogP) is 4.89. The van der Waals surface area contributed by atoms with Gasteiger partial charge in [-0.1, -0.05) is 54.6 Å². The predicted molar refractivity (Wildman–Crippen MR) is 118 cm³/mol. The molecule has 1 aliphatic rings. The highest BCUT2D eigenvalue weighted by molar-refractivity contribution is 5.98. The van der Waals surface area contributed by atoms with Gasteiger partial charge in [-0.05, 0) is 29.0 Å². The van der Waals surface area contributed by atoms with Gasteiger partial charge in [0.05, 0.1) is 19.9 Å². The van der Waals surface area contributed by atoms with Gasteiger partial charge in [0, 0.05) is 22.4 Å². The number of benzene rings is 3. The molecule has 150 valence electrons. The number of aromatic hydroxyl groups is 1. The molecule has 0 saturated carbocycles. The summed E-state index contributed by atoms with van der Waals surface area (Å²) in [6.07, 6.45) is 0.765. The Hall–Kier alpha value is -3.73. The lowest BCUT2D eigenvalue weighted by Gasteiger charge is -2.30. The average Bonchev–Trinajstić information content (AvgIpc) is 2.78. The smallest absolute Gasteiger partial charge is 0.201 e. The fourth-order valence-electron chi connectivity index (χ4n) is 4.61. The van der Waals surface area contributed by atoms with Crippen LogP contribution in [0.5, 0.6) is 17.2 Å². The molecule has 0 spiro atoms. The third kappa shape index (κ3) is 2.59. The molecule has 0 aliphatic heterocycles. The monoisotopic (exact) mass is 398 g/mol. The van der Waals surface area contributed by atoms with Gasteiger partial charge in [0.2, 0.25) is 5.75 Å². The van der Waals surface area contributed by atoms with Crippen LogP contribution >= 0.6 is 0 Å². The second-order valence-electron chi connectivity index (χ2n) is 7.46. The molecule has 5 nitrogen and oxygen atoms in total. The Morgan fingerprint density at radius 2 is 1.67 bits per heavy atom. The van der Waals surface area contributed by atoms with E-state index in [4.69, 9.17) is 20.2 Å². The lowest BCUT2D eigenvalue weighted by molar-refractivity contribution is 0.336. The molecule has 1 heterocycles. The summed E-state index contributed by atoms with van der Waals surface area (Å²) in [6, 6.07) is 20.1. The van der Waals surface area contributed by atoms with Crippen molar-refractivity contribution in [2.75, 3.05) is 20.0 Å². The van der Waals surface area contributed by atoms with E-state index in [1.165, 1.54) is 12.7 Å². The molecule has 0 amide bonds. The quantitative estimate of drug-likeness (QED) is 0.513. The van der Waals surface area contributed by atoms with Crippen molar-refractivity contribution >= 4 is 16.6 Å². The normalized spacial score (nSPS) is 14.8. The van der Waals surface area contributed by atoms with Crippen molar-refractivity contribution in [3.05, 3.63) is 77.4 Å². The number of aromatic nitrogens is 1. The zero-order valence-electron chi connectivity index (χ0n) is 16.8. The van der Waals surface area contributed by atoms with Gasteiger partial charge in [-0.25, -0.2) is 4.98 Å². The van der Waals surface area contributed by atoms with E-state index >= 15 is 0 Å². The molecule has 1 aromatic heterocycles. The molecule has 5 heteroatoms. The number of pyridine rings is 1. The van der Waals surface area contributed by atoms with Gasteiger partial charge >= 0.3 is 0 Å². The molecule has 3 aromatic carbocycles. The molecule has 1 atom stereocenters. The Bertz CT molecular complexity index is 1280. The lowest BCUT2D eigenvalue weighted by Crippen LogP contribution is -2.16. The molecule has 0 fully saturated rings. The summed E-state index contributed by atoms with van der Waals surface area (Å²) in [4.78, 5) is 4.82. The van der Waals surface area contributed by atoms with Gasteiger partial charge in [0.1, 0.15) is 5.82 Å². The van der Waals surface area contributed by atoms with Crippen LogP contribution in [0.3, 0.4) is 0 Å². The zero-order valence-corrected chi connectivity index (χ0v) is 16.8. The Kier molecular flexibility index (Phi) is 4.24. The van der Waals surface area contributed by atoms with Crippen molar-refractivity contribution < 1.29 is 14.6 Å². The SMILES string of the molecule is COc1ccc(C2Cc3ccccc3-c3nc(N)c4ccccc4c32)c(OC)c1O. The van der Waals surface area contributed by atoms with Crippen molar-refractivity contribution in [1.29, 1.82) is 0 Å². The Balaban J connectivity index is 1.86. The van der Waals surface area contributed by atoms with E-state index < -0.39 is 0 Å². The van der Waals surface area contributed by atoms with Gasteiger partial charge in [-0.2, -0.15) is 0 Å². The molecule has 3 N–H and O–H groups in total. The van der Waals surface area contributed by atoms with Crippen molar-refractivity contribution in [3.8, 4) is 28.5 Å². The highest BCUT2D eigenvalue weighted by Gasteiger charge is 2.32. The van der Waals surface area contributed by atoms with Crippen LogP contribution in [0.2, 0.25) is 0 Å². The molecular weight excluding hydrogens is 376 g/mol. The molecule has 0 saturated heterocycles. The van der Waals surface area contributed by atoms with Crippen LogP contribution in [0, 0.1) is 0 Å². The second-order valence-corrected chi connectivity index (χ2v) is 7.46. The van der Waals surface area contributed by atoms with Crippen LogP contribution in [-0.2, 0) is 6.42 Å². The first-order valence-electron chi connectivity index (χ1n) is 9.84. The van der Waals surface area contributed by atoms with E-state index in [9.17, 15) is 5.11 Å². The second kappa shape index (κ2) is 6.95. The summed E-state index contributed by atoms with van der Waals surface area (Å²) in [5, 5.41) is 12.7. The number of fused-ring (bicyclic) bond motifs is 5. The Labute approximate surface area is 174 Å². The molecule has 1 aliphatic carbocycles. The molecule has 0 bridgehead atoms. The number of methoxy groups -OCH3 is 2. The molecule has 30 heavy (non-hydrogen) atoms. The summed E-state index contributed by atoms with van der Waals surface area (Å²) in [5.74, 6) is 1.27. The number of anilines is 1. The van der Waals surface area contributed by atoms with Gasteiger partial charge in [-0.15, -0.1) is 0 Å². The van der Waals surface area contributed by atoms with Crippen LogP contribution in [0.1, 0.15) is 22.6 Å². The van der Waals surface area contributed by atoms with E-state index in [1.807, 2.05) is 36.4 Å². The first-order chi connectivity index (χ1) is 14.6. The van der Waals surface area contributed by atoms with E-state index in [1.54, 1.807) is 13.2 Å². The largest absolute Gasteiger partial charge is 0.502 e. The van der Waals surface area contributed by atoms with Crippen LogP contribution in [0.25, 0.3) is 22.0 Å². The van der Waals surface area contributed by atoms with Gasteiger partial charge in [0.25, 0.3) is 0 Å². The number of rotatable bonds is 3. The maximum atomic E-state index is 10.7. The number of ether oxygens (including phenoxy) is 2. The topological polar surface area (TPSA) is 77.6 Å². The maximum Gasteiger partial charge on any atom is 0.201 e. The van der Waals surface area contributed by atoms with Crippen LogP contribution in [-0.4, -0.2) is 24.3 Å². The Morgan fingerprint density at radius 1 is 0.933 bits per heavy atom. The lowest BCUT2D eigenvalue weighted by atomic mass is 9.75. The number of hydrogen-bond donors (Lipinski definition) is 2. The highest BCUT2D eigenvalue weighted by Crippen LogP contribution is 2.50. The standard InChI is InChI=1S/C25H22N2O3/c1-29-20-12-11-17(24(30-2)23(20)28)19-13-14-7-3-4-8-15(14)22-21(19)16-9-5-6-10-18(16)25(26)27-22/h3-12,19,28H,13H2,1-2H3,(H2,26,27). The Morgan fingerprint density at radius 3 is 2.43 bits per heavy atom. The van der Waals surface area contributed by atoms with Crippen LogP contribution in [0.4, 0.5) is 5.82 Å². The summed E-state index contributed by atoms with van der Waals surface area (Å²) in [6.45, 7) is 0. The third-order valence-electron chi connectivity index (χ3n) is 5.95. The summed E-state index contributed by atoms with van der Waals surface area (Å²) in [7, 11) is 3.09. The van der Waals surface area contributed by atoms with E-state index in [-0.39, 0.29) is 11.7 Å². The van der Waals surface area contributed by atoms with Crippen LogP contribution in [0.15, 0.2) is 60.7 Å². The van der Waals surface area contributed by atoms with Crippen molar-refractivity contribution in [2.24, 2.45) is 0 Å². The number of hydrogen-bond acceptors (Lipinski definition) is 5. The van der Waals surface area contributed by atoms with Gasteiger partial charge in [0.15, 0.2) is 11.5 Å². The number of nitrogens with zero attached hydrogens (tertiary/aromatic N) is 1. The van der Waals surface area contributed by atoms with E-state index in [2.05, 4.69) is 18.2 Å². The average molecular weight is 398 g/mol. The third-order valence-corrected chi connectivity index (χ3v) is 5.95. The summed E-state index contributed by atoms with van der Waals surface area (Å²) < 4.78 is 10.9. The van der Waals surface area contributed by atoms with Crippen molar-refractivity contribution in [2.45, 2.75) is 12.3 Å². The molecule has 1 unspecified atom stereocenters. The zero-order chi connectivity index (χ0) is 20.8. The molecule has 5 rings (SSSR count). The number of nitrogen functional groups attached to an aromatic ring is 1. The minimum Gasteiger partial charge on any atom is -0.502 e. The fourth-order valence-corrected chi connectivity index (χ4v) is 4.61. The van der Waals surface area contributed by atoms with Crippen molar-refractivity contribution in [3.63, 3.8) is 0 Å². The summed E-state index contributed by atoms with van der Waals surface area (Å²) >= 11 is 0. The maximum absolute atomic E-state index is 10.7. The minimum atomic E-state index is -0.0559. The van der Waals surface area contributed by atoms with Crippen molar-refractivity contribution in [1.82, 2.24) is 4.98 Å². The molecule has 0 radical (unpaired) electrons. The first kappa shape index (κ1) is 18.3. The molecular formula is C25H22N2O3. The minimum absolute atomic E-state index is 0.00520. The fraction of sp³-hybridized carbons (Fsp3) is 0.160. The van der Waals surface area contributed by atoms with Gasteiger partial charge in [-0.3, -0.25) is 0 Å². The highest BCUT2D eigenvalue weighted by atomic mass is 16.5. The number of phenols is 1. The first-order valence-corrected chi connectivity index (χ1v) is 9.84. The number of nitrogens with two attached hydrogens (primary N) is 1. The molecule has 4 aromatic rings. The van der Waals surface area contributed by atoms with E-state index in [0.717, 1.165) is 39.6 Å². The van der Waals surface area contributed by atoms with Crippen LogP contribution < -0.4 is 15.2 Å². The number of phenolic OH excluding ortho intramolecular Hbond substituents is 1.